The van der Waals surface area contributed by atoms with Gasteiger partial charge in [-0.3, -0.25) is 4.57 Å². The van der Waals surface area contributed by atoms with Crippen LogP contribution < -0.4 is 0 Å². The van der Waals surface area contributed by atoms with E-state index in [0.29, 0.717) is 17.4 Å². The maximum absolute atomic E-state index is 6.91. The van der Waals surface area contributed by atoms with Gasteiger partial charge >= 0.3 is 0 Å². The SMILES string of the molecule is c1ccc(-c2cc(-c3ccccc3)nc(-n3c4ccccc4c4c5oc6c(-c7ccccc7)nc(-c7ccccc7)nc6c5ccc43)n2)cc1. The van der Waals surface area contributed by atoms with Crippen LogP contribution in [0.5, 0.6) is 0 Å². The highest BCUT2D eigenvalue weighted by Crippen LogP contribution is 2.42. The summed E-state index contributed by atoms with van der Waals surface area (Å²) in [6.45, 7) is 0. The third-order valence-corrected chi connectivity index (χ3v) is 9.25. The molecule has 0 spiro atoms. The molecule has 4 aromatic heterocycles. The molecular weight excluding hydrogens is 615 g/mol. The molecule has 4 heterocycles. The van der Waals surface area contributed by atoms with E-state index < -0.39 is 0 Å². The molecular formula is C44H27N5O. The molecule has 0 aliphatic carbocycles. The molecule has 0 N–H and O–H groups in total. The molecule has 0 aliphatic rings. The second-order valence-electron chi connectivity index (χ2n) is 12.3. The number of rotatable bonds is 5. The van der Waals surface area contributed by atoms with Gasteiger partial charge in [-0.15, -0.1) is 0 Å². The molecule has 0 aliphatic heterocycles. The van der Waals surface area contributed by atoms with Gasteiger partial charge in [-0.05, 0) is 24.3 Å². The molecule has 0 atom stereocenters. The maximum Gasteiger partial charge on any atom is 0.235 e. The van der Waals surface area contributed by atoms with Crippen LogP contribution in [0.4, 0.5) is 0 Å². The van der Waals surface area contributed by atoms with Gasteiger partial charge < -0.3 is 4.42 Å². The average Bonchev–Trinajstić information content (AvgIpc) is 3.74. The Morgan fingerprint density at radius 1 is 0.420 bits per heavy atom. The van der Waals surface area contributed by atoms with Crippen molar-refractivity contribution in [1.82, 2.24) is 24.5 Å². The fourth-order valence-corrected chi connectivity index (χ4v) is 6.92. The van der Waals surface area contributed by atoms with Crippen LogP contribution in [0, 0.1) is 0 Å². The van der Waals surface area contributed by atoms with Gasteiger partial charge in [0.05, 0.1) is 27.8 Å². The molecule has 0 saturated heterocycles. The number of furan rings is 1. The number of hydrogen-bond acceptors (Lipinski definition) is 5. The first-order valence-corrected chi connectivity index (χ1v) is 16.6. The van der Waals surface area contributed by atoms with Crippen molar-refractivity contribution < 1.29 is 4.42 Å². The summed E-state index contributed by atoms with van der Waals surface area (Å²) in [5.41, 5.74) is 10.5. The van der Waals surface area contributed by atoms with Crippen LogP contribution in [0.3, 0.4) is 0 Å². The molecule has 0 amide bonds. The zero-order chi connectivity index (χ0) is 33.0. The summed E-state index contributed by atoms with van der Waals surface area (Å²) >= 11 is 0. The third kappa shape index (κ3) is 4.50. The van der Waals surface area contributed by atoms with Gasteiger partial charge in [0.25, 0.3) is 0 Å². The molecule has 6 nitrogen and oxygen atoms in total. The molecule has 0 unspecified atom stereocenters. The van der Waals surface area contributed by atoms with Crippen LogP contribution in [0.25, 0.3) is 95.0 Å². The van der Waals surface area contributed by atoms with Gasteiger partial charge in [0.15, 0.2) is 11.4 Å². The predicted molar refractivity (Wildman–Crippen MR) is 201 cm³/mol. The smallest absolute Gasteiger partial charge is 0.235 e. The van der Waals surface area contributed by atoms with Crippen LogP contribution in [-0.2, 0) is 0 Å². The Bertz CT molecular complexity index is 2790. The zero-order valence-electron chi connectivity index (χ0n) is 26.7. The van der Waals surface area contributed by atoms with Crippen LogP contribution in [0.1, 0.15) is 0 Å². The van der Waals surface area contributed by atoms with Crippen molar-refractivity contribution in [2.24, 2.45) is 0 Å². The first-order valence-electron chi connectivity index (χ1n) is 16.6. The van der Waals surface area contributed by atoms with Crippen molar-refractivity contribution >= 4 is 43.9 Å². The molecule has 0 radical (unpaired) electrons. The summed E-state index contributed by atoms with van der Waals surface area (Å²) in [6.07, 6.45) is 0. The lowest BCUT2D eigenvalue weighted by Gasteiger charge is -2.11. The van der Waals surface area contributed by atoms with Crippen molar-refractivity contribution in [2.75, 3.05) is 0 Å². The first-order chi connectivity index (χ1) is 24.8. The fraction of sp³-hybridized carbons (Fsp3) is 0. The van der Waals surface area contributed by atoms with Gasteiger partial charge in [-0.1, -0.05) is 140 Å². The number of fused-ring (bicyclic) bond motifs is 7. The fourth-order valence-electron chi connectivity index (χ4n) is 6.92. The van der Waals surface area contributed by atoms with Crippen molar-refractivity contribution in [3.63, 3.8) is 0 Å². The highest BCUT2D eigenvalue weighted by molar-refractivity contribution is 6.24. The Balaban J connectivity index is 1.29. The normalized spacial score (nSPS) is 11.6. The van der Waals surface area contributed by atoms with E-state index in [4.69, 9.17) is 24.4 Å². The van der Waals surface area contributed by atoms with E-state index in [2.05, 4.69) is 83.4 Å². The topological polar surface area (TPSA) is 69.6 Å². The van der Waals surface area contributed by atoms with Crippen LogP contribution in [0.15, 0.2) is 168 Å². The highest BCUT2D eigenvalue weighted by atomic mass is 16.3. The van der Waals surface area contributed by atoms with Gasteiger partial charge in [0.2, 0.25) is 5.95 Å². The standard InChI is InChI=1S/C44H27N5O/c1-5-15-28(16-6-1)34-27-35(29-17-7-2-8-18-29)46-44(45-34)49-36-24-14-13-23-32(36)38-37(49)26-25-33-40-42(50-41(33)38)39(30-19-9-3-10-20-30)47-43(48-40)31-21-11-4-12-22-31/h1-27H. The van der Waals surface area contributed by atoms with Crippen molar-refractivity contribution in [3.05, 3.63) is 164 Å². The second kappa shape index (κ2) is 11.4. The minimum absolute atomic E-state index is 0.586. The molecule has 234 valence electrons. The minimum Gasteiger partial charge on any atom is -0.451 e. The largest absolute Gasteiger partial charge is 0.451 e. The lowest BCUT2D eigenvalue weighted by Crippen LogP contribution is -2.03. The Morgan fingerprint density at radius 2 is 0.980 bits per heavy atom. The number of hydrogen-bond donors (Lipinski definition) is 0. The first kappa shape index (κ1) is 28.1. The molecule has 0 saturated carbocycles. The van der Waals surface area contributed by atoms with E-state index in [9.17, 15) is 0 Å². The lowest BCUT2D eigenvalue weighted by molar-refractivity contribution is 0.671. The molecule has 0 bridgehead atoms. The van der Waals surface area contributed by atoms with E-state index in [0.717, 1.165) is 77.6 Å². The van der Waals surface area contributed by atoms with Gasteiger partial charge in [-0.2, -0.15) is 0 Å². The van der Waals surface area contributed by atoms with Crippen molar-refractivity contribution in [2.45, 2.75) is 0 Å². The molecule has 0 fully saturated rings. The Hall–Kier alpha value is -6.92. The number of nitrogens with zero attached hydrogens (tertiary/aromatic N) is 5. The average molecular weight is 642 g/mol. The summed E-state index contributed by atoms with van der Waals surface area (Å²) < 4.78 is 9.05. The van der Waals surface area contributed by atoms with E-state index in [1.807, 2.05) is 84.9 Å². The molecule has 6 heteroatoms. The van der Waals surface area contributed by atoms with E-state index in [-0.39, 0.29) is 0 Å². The third-order valence-electron chi connectivity index (χ3n) is 9.25. The number of benzene rings is 6. The van der Waals surface area contributed by atoms with E-state index in [1.165, 1.54) is 0 Å². The van der Waals surface area contributed by atoms with E-state index >= 15 is 0 Å². The summed E-state index contributed by atoms with van der Waals surface area (Å²) in [7, 11) is 0. The van der Waals surface area contributed by atoms with Crippen LogP contribution >= 0.6 is 0 Å². The quantitative estimate of drug-likeness (QED) is 0.187. The minimum atomic E-state index is 0.586. The number of aromatic nitrogens is 5. The summed E-state index contributed by atoms with van der Waals surface area (Å²) in [5, 5.41) is 2.95. The van der Waals surface area contributed by atoms with Crippen LogP contribution in [-0.4, -0.2) is 24.5 Å². The second-order valence-corrected chi connectivity index (χ2v) is 12.3. The van der Waals surface area contributed by atoms with Gasteiger partial charge in [0, 0.05) is 33.0 Å². The molecule has 10 aromatic rings. The molecule has 6 aromatic carbocycles. The zero-order valence-corrected chi connectivity index (χ0v) is 26.7. The Morgan fingerprint density at radius 3 is 1.62 bits per heavy atom. The monoisotopic (exact) mass is 641 g/mol. The summed E-state index contributed by atoms with van der Waals surface area (Å²) in [5.74, 6) is 1.24. The lowest BCUT2D eigenvalue weighted by atomic mass is 10.1. The molecule has 50 heavy (non-hydrogen) atoms. The molecule has 10 rings (SSSR count). The summed E-state index contributed by atoms with van der Waals surface area (Å²) in [6, 6.07) is 55.5. The predicted octanol–water partition coefficient (Wildman–Crippen LogP) is 10.9. The highest BCUT2D eigenvalue weighted by Gasteiger charge is 2.24. The number of para-hydroxylation sites is 1. The van der Waals surface area contributed by atoms with E-state index in [1.54, 1.807) is 0 Å². The maximum atomic E-state index is 6.91. The van der Waals surface area contributed by atoms with Crippen LogP contribution in [0.2, 0.25) is 0 Å². The summed E-state index contributed by atoms with van der Waals surface area (Å²) in [4.78, 5) is 20.6. The van der Waals surface area contributed by atoms with Crippen molar-refractivity contribution in [3.8, 4) is 51.1 Å². The Kier molecular flexibility index (Phi) is 6.39. The van der Waals surface area contributed by atoms with Gasteiger partial charge in [0.1, 0.15) is 16.8 Å². The van der Waals surface area contributed by atoms with Crippen molar-refractivity contribution in [1.29, 1.82) is 0 Å². The Labute approximate surface area is 287 Å². The van der Waals surface area contributed by atoms with Gasteiger partial charge in [-0.25, -0.2) is 19.9 Å².